The molecular weight excluding hydrogens is 434 g/mol. The number of nitriles is 1. The maximum atomic E-state index is 12.4. The fourth-order valence-electron chi connectivity index (χ4n) is 3.12. The van der Waals surface area contributed by atoms with Crippen LogP contribution in [0.2, 0.25) is 0 Å². The molecule has 1 aromatic heterocycles. The first kappa shape index (κ1) is 24.4. The number of aromatic nitrogens is 1. The zero-order valence-corrected chi connectivity index (χ0v) is 19.7. The van der Waals surface area contributed by atoms with Gasteiger partial charge in [0.15, 0.2) is 17.3 Å². The van der Waals surface area contributed by atoms with Crippen molar-refractivity contribution >= 4 is 17.8 Å². The second-order valence-corrected chi connectivity index (χ2v) is 7.61. The fourth-order valence-corrected chi connectivity index (χ4v) is 3.12. The SMILES string of the molecule is COc1cc(C=C(C#N)C(=O)Nc2cc(C)on2)ccc1OCCCOc1cccc(C)c1C. The highest BCUT2D eigenvalue weighted by molar-refractivity contribution is 6.09. The van der Waals surface area contributed by atoms with E-state index in [0.29, 0.717) is 42.5 Å². The zero-order valence-electron chi connectivity index (χ0n) is 19.7. The summed E-state index contributed by atoms with van der Waals surface area (Å²) in [5.74, 6) is 2.14. The first-order valence-corrected chi connectivity index (χ1v) is 10.8. The lowest BCUT2D eigenvalue weighted by Crippen LogP contribution is -2.13. The Bertz CT molecular complexity index is 1220. The Morgan fingerprint density at radius 3 is 2.53 bits per heavy atom. The summed E-state index contributed by atoms with van der Waals surface area (Å²) in [5, 5.41) is 15.6. The standard InChI is InChI=1S/C26H27N3O5/c1-17-7-5-8-22(19(17)3)32-11-6-12-33-23-10-9-20(15-24(23)31-4)14-21(16-27)26(30)28-25-13-18(2)34-29-25/h5,7-10,13-15H,6,11-12H2,1-4H3,(H,28,29,30). The molecule has 0 radical (unpaired) electrons. The topological polar surface area (TPSA) is 107 Å². The van der Waals surface area contributed by atoms with Crippen LogP contribution in [0.1, 0.15) is 28.9 Å². The average Bonchev–Trinajstić information content (AvgIpc) is 3.24. The number of aryl methyl sites for hydroxylation is 2. The van der Waals surface area contributed by atoms with Crippen molar-refractivity contribution < 1.29 is 23.5 Å². The normalized spacial score (nSPS) is 11.0. The minimum atomic E-state index is -0.584. The van der Waals surface area contributed by atoms with E-state index in [-0.39, 0.29) is 11.4 Å². The molecule has 0 unspecified atom stereocenters. The molecule has 3 rings (SSSR count). The summed E-state index contributed by atoms with van der Waals surface area (Å²) in [5.41, 5.74) is 2.86. The summed E-state index contributed by atoms with van der Waals surface area (Å²) in [6, 6.07) is 14.6. The number of amides is 1. The van der Waals surface area contributed by atoms with Crippen molar-refractivity contribution in [1.82, 2.24) is 5.16 Å². The van der Waals surface area contributed by atoms with Crippen LogP contribution in [0.4, 0.5) is 5.82 Å². The highest BCUT2D eigenvalue weighted by Gasteiger charge is 2.13. The van der Waals surface area contributed by atoms with Gasteiger partial charge in [-0.15, -0.1) is 0 Å². The molecule has 8 heteroatoms. The quantitative estimate of drug-likeness (QED) is 0.257. The van der Waals surface area contributed by atoms with Gasteiger partial charge in [-0.2, -0.15) is 5.26 Å². The minimum absolute atomic E-state index is 0.0834. The van der Waals surface area contributed by atoms with Gasteiger partial charge in [-0.3, -0.25) is 4.79 Å². The molecular formula is C26H27N3O5. The predicted molar refractivity (Wildman–Crippen MR) is 128 cm³/mol. The third kappa shape index (κ3) is 6.39. The van der Waals surface area contributed by atoms with Crippen molar-refractivity contribution in [2.45, 2.75) is 27.2 Å². The van der Waals surface area contributed by atoms with Gasteiger partial charge >= 0.3 is 0 Å². The molecule has 3 aromatic rings. The van der Waals surface area contributed by atoms with Crippen LogP contribution in [0, 0.1) is 32.1 Å². The van der Waals surface area contributed by atoms with Crippen LogP contribution < -0.4 is 19.5 Å². The average molecular weight is 462 g/mol. The summed E-state index contributed by atoms with van der Waals surface area (Å²) in [4.78, 5) is 12.4. The molecule has 8 nitrogen and oxygen atoms in total. The number of nitrogens with one attached hydrogen (secondary N) is 1. The van der Waals surface area contributed by atoms with E-state index in [1.165, 1.54) is 18.7 Å². The van der Waals surface area contributed by atoms with E-state index >= 15 is 0 Å². The molecule has 1 heterocycles. The van der Waals surface area contributed by atoms with Crippen LogP contribution in [0.25, 0.3) is 6.08 Å². The Hall–Kier alpha value is -4.25. The van der Waals surface area contributed by atoms with Crippen molar-refractivity contribution in [3.63, 3.8) is 0 Å². The Labute approximate surface area is 198 Å². The molecule has 0 spiro atoms. The zero-order chi connectivity index (χ0) is 24.5. The third-order valence-electron chi connectivity index (χ3n) is 5.09. The van der Waals surface area contributed by atoms with E-state index in [1.54, 1.807) is 31.2 Å². The van der Waals surface area contributed by atoms with Gasteiger partial charge in [0.1, 0.15) is 23.2 Å². The van der Waals surface area contributed by atoms with Crippen molar-refractivity contribution in [1.29, 1.82) is 5.26 Å². The number of anilines is 1. The largest absolute Gasteiger partial charge is 0.493 e. The number of methoxy groups -OCH3 is 1. The van der Waals surface area contributed by atoms with Gasteiger partial charge in [0, 0.05) is 12.5 Å². The summed E-state index contributed by atoms with van der Waals surface area (Å²) in [6.45, 7) is 6.77. The monoisotopic (exact) mass is 461 g/mol. The van der Waals surface area contributed by atoms with Crippen LogP contribution in [0.5, 0.6) is 17.2 Å². The van der Waals surface area contributed by atoms with Crippen LogP contribution in [-0.2, 0) is 4.79 Å². The van der Waals surface area contributed by atoms with Crippen LogP contribution in [0.15, 0.2) is 52.6 Å². The molecule has 1 amide bonds. The first-order chi connectivity index (χ1) is 16.4. The van der Waals surface area contributed by atoms with Crippen molar-refractivity contribution in [3.8, 4) is 23.3 Å². The number of rotatable bonds is 10. The Morgan fingerprint density at radius 2 is 1.85 bits per heavy atom. The van der Waals surface area contributed by atoms with E-state index in [1.807, 2.05) is 25.1 Å². The molecule has 0 fully saturated rings. The molecule has 0 saturated heterocycles. The highest BCUT2D eigenvalue weighted by Crippen LogP contribution is 2.29. The lowest BCUT2D eigenvalue weighted by atomic mass is 10.1. The van der Waals surface area contributed by atoms with Crippen molar-refractivity contribution in [2.24, 2.45) is 0 Å². The van der Waals surface area contributed by atoms with Gasteiger partial charge in [-0.25, -0.2) is 0 Å². The number of hydrogen-bond acceptors (Lipinski definition) is 7. The fraction of sp³-hybridized carbons (Fsp3) is 0.269. The summed E-state index contributed by atoms with van der Waals surface area (Å²) >= 11 is 0. The van der Waals surface area contributed by atoms with Gasteiger partial charge in [-0.05, 0) is 61.7 Å². The van der Waals surface area contributed by atoms with Gasteiger partial charge in [0.25, 0.3) is 5.91 Å². The van der Waals surface area contributed by atoms with Crippen molar-refractivity contribution in [2.75, 3.05) is 25.6 Å². The summed E-state index contributed by atoms with van der Waals surface area (Å²) in [6.07, 6.45) is 2.16. The van der Waals surface area contributed by atoms with Gasteiger partial charge in [0.2, 0.25) is 0 Å². The smallest absolute Gasteiger partial charge is 0.267 e. The molecule has 1 N–H and O–H groups in total. The van der Waals surface area contributed by atoms with E-state index in [2.05, 4.69) is 23.5 Å². The number of benzene rings is 2. The second-order valence-electron chi connectivity index (χ2n) is 7.61. The third-order valence-corrected chi connectivity index (χ3v) is 5.09. The molecule has 0 atom stereocenters. The summed E-state index contributed by atoms with van der Waals surface area (Å²) in [7, 11) is 1.53. The molecule has 176 valence electrons. The number of ether oxygens (including phenoxy) is 3. The lowest BCUT2D eigenvalue weighted by molar-refractivity contribution is -0.112. The minimum Gasteiger partial charge on any atom is -0.493 e. The van der Waals surface area contributed by atoms with Crippen LogP contribution in [-0.4, -0.2) is 31.4 Å². The first-order valence-electron chi connectivity index (χ1n) is 10.8. The van der Waals surface area contributed by atoms with Crippen molar-refractivity contribution in [3.05, 3.63) is 70.5 Å². The highest BCUT2D eigenvalue weighted by atomic mass is 16.5. The van der Waals surface area contributed by atoms with E-state index < -0.39 is 5.91 Å². The predicted octanol–water partition coefficient (Wildman–Crippen LogP) is 5.00. The molecule has 0 bridgehead atoms. The van der Waals surface area contributed by atoms with Gasteiger partial charge in [-0.1, -0.05) is 23.4 Å². The second kappa shape index (κ2) is 11.6. The maximum absolute atomic E-state index is 12.4. The lowest BCUT2D eigenvalue weighted by Gasteiger charge is -2.13. The number of hydrogen-bond donors (Lipinski definition) is 1. The van der Waals surface area contributed by atoms with E-state index in [4.69, 9.17) is 18.7 Å². The number of carbonyl (C=O) groups is 1. The molecule has 2 aromatic carbocycles. The van der Waals surface area contributed by atoms with E-state index in [9.17, 15) is 10.1 Å². The van der Waals surface area contributed by atoms with Crippen LogP contribution >= 0.6 is 0 Å². The number of carbonyl (C=O) groups excluding carboxylic acids is 1. The Morgan fingerprint density at radius 1 is 1.09 bits per heavy atom. The van der Waals surface area contributed by atoms with Gasteiger partial charge < -0.3 is 24.1 Å². The van der Waals surface area contributed by atoms with Gasteiger partial charge in [0.05, 0.1) is 20.3 Å². The Kier molecular flexibility index (Phi) is 8.30. The molecule has 0 aliphatic rings. The van der Waals surface area contributed by atoms with Crippen LogP contribution in [0.3, 0.4) is 0 Å². The van der Waals surface area contributed by atoms with E-state index in [0.717, 1.165) is 11.3 Å². The molecule has 0 aliphatic carbocycles. The molecule has 0 aliphatic heterocycles. The number of nitrogens with zero attached hydrogens (tertiary/aromatic N) is 2. The summed E-state index contributed by atoms with van der Waals surface area (Å²) < 4.78 is 22.0. The molecule has 34 heavy (non-hydrogen) atoms. The molecule has 0 saturated carbocycles. The Balaban J connectivity index is 1.58. The maximum Gasteiger partial charge on any atom is 0.267 e.